The van der Waals surface area contributed by atoms with Crippen LogP contribution in [-0.4, -0.2) is 10.2 Å². The third-order valence-electron chi connectivity index (χ3n) is 5.33. The van der Waals surface area contributed by atoms with Gasteiger partial charge in [-0.1, -0.05) is 60.7 Å². The lowest BCUT2D eigenvalue weighted by molar-refractivity contribution is 0.281. The first-order valence-electron chi connectivity index (χ1n) is 8.82. The summed E-state index contributed by atoms with van der Waals surface area (Å²) in [5, 5.41) is 19.1. The fraction of sp³-hybridized carbons (Fsp3) is 0.217. The molecule has 0 aliphatic heterocycles. The maximum Gasteiger partial charge on any atom is 0.115 e. The SMILES string of the molecule is OCc1ccc2c(c1)CCC(c1ccccc1)C2c1ccc(O)cc1. The third kappa shape index (κ3) is 3.06. The fourth-order valence-electron chi connectivity index (χ4n) is 4.12. The summed E-state index contributed by atoms with van der Waals surface area (Å²) >= 11 is 0. The van der Waals surface area contributed by atoms with Crippen LogP contribution in [0.3, 0.4) is 0 Å². The van der Waals surface area contributed by atoms with Crippen LogP contribution in [0.15, 0.2) is 72.8 Å². The Hall–Kier alpha value is -2.58. The van der Waals surface area contributed by atoms with E-state index in [1.54, 1.807) is 12.1 Å². The molecule has 0 aromatic heterocycles. The van der Waals surface area contributed by atoms with E-state index in [2.05, 4.69) is 42.5 Å². The van der Waals surface area contributed by atoms with Crippen LogP contribution in [0, 0.1) is 0 Å². The van der Waals surface area contributed by atoms with E-state index in [4.69, 9.17) is 0 Å². The van der Waals surface area contributed by atoms with Crippen LogP contribution in [0.4, 0.5) is 0 Å². The molecular formula is C23H22O2. The monoisotopic (exact) mass is 330 g/mol. The molecule has 2 atom stereocenters. The molecule has 25 heavy (non-hydrogen) atoms. The van der Waals surface area contributed by atoms with Gasteiger partial charge in [-0.25, -0.2) is 0 Å². The Labute approximate surface area is 148 Å². The number of phenolic OH excluding ortho intramolecular Hbond substituents is 1. The Balaban J connectivity index is 1.84. The van der Waals surface area contributed by atoms with Gasteiger partial charge in [0.05, 0.1) is 6.61 Å². The Morgan fingerprint density at radius 2 is 1.60 bits per heavy atom. The van der Waals surface area contributed by atoms with Crippen LogP contribution in [0.5, 0.6) is 5.75 Å². The van der Waals surface area contributed by atoms with Gasteiger partial charge in [-0.2, -0.15) is 0 Å². The first-order chi connectivity index (χ1) is 12.3. The quantitative estimate of drug-likeness (QED) is 0.728. The number of aromatic hydroxyl groups is 1. The molecule has 2 heteroatoms. The largest absolute Gasteiger partial charge is 0.508 e. The van der Waals surface area contributed by atoms with Crippen molar-refractivity contribution in [1.82, 2.24) is 0 Å². The second kappa shape index (κ2) is 6.73. The molecule has 0 radical (unpaired) electrons. The van der Waals surface area contributed by atoms with Crippen molar-refractivity contribution in [2.45, 2.75) is 31.3 Å². The van der Waals surface area contributed by atoms with Crippen molar-refractivity contribution in [3.8, 4) is 5.75 Å². The maximum atomic E-state index is 9.67. The van der Waals surface area contributed by atoms with E-state index in [0.717, 1.165) is 18.4 Å². The number of hydrogen-bond acceptors (Lipinski definition) is 2. The average Bonchev–Trinajstić information content (AvgIpc) is 2.68. The molecule has 3 aromatic rings. The predicted molar refractivity (Wildman–Crippen MR) is 99.8 cm³/mol. The number of rotatable bonds is 3. The molecule has 0 saturated heterocycles. The number of phenols is 1. The Kier molecular flexibility index (Phi) is 4.29. The van der Waals surface area contributed by atoms with Crippen molar-refractivity contribution in [2.24, 2.45) is 0 Å². The molecule has 1 aliphatic rings. The van der Waals surface area contributed by atoms with Gasteiger partial charge in [-0.15, -0.1) is 0 Å². The fourth-order valence-corrected chi connectivity index (χ4v) is 4.12. The topological polar surface area (TPSA) is 40.5 Å². The third-order valence-corrected chi connectivity index (χ3v) is 5.33. The number of benzene rings is 3. The summed E-state index contributed by atoms with van der Waals surface area (Å²) in [5.74, 6) is 0.976. The molecule has 0 saturated carbocycles. The van der Waals surface area contributed by atoms with E-state index in [1.807, 2.05) is 18.2 Å². The zero-order valence-corrected chi connectivity index (χ0v) is 14.1. The van der Waals surface area contributed by atoms with Crippen molar-refractivity contribution in [3.05, 3.63) is 101 Å². The van der Waals surface area contributed by atoms with Gasteiger partial charge in [-0.3, -0.25) is 0 Å². The van der Waals surface area contributed by atoms with E-state index >= 15 is 0 Å². The minimum atomic E-state index is 0.0826. The summed E-state index contributed by atoms with van der Waals surface area (Å²) in [5.41, 5.74) is 6.22. The molecule has 0 amide bonds. The van der Waals surface area contributed by atoms with Gasteiger partial charge in [0.2, 0.25) is 0 Å². The van der Waals surface area contributed by atoms with E-state index in [9.17, 15) is 10.2 Å². The molecule has 3 aromatic carbocycles. The van der Waals surface area contributed by atoms with E-state index in [0.29, 0.717) is 11.7 Å². The molecular weight excluding hydrogens is 308 g/mol. The van der Waals surface area contributed by atoms with Crippen molar-refractivity contribution < 1.29 is 10.2 Å². The van der Waals surface area contributed by atoms with E-state index < -0.39 is 0 Å². The molecule has 0 bridgehead atoms. The smallest absolute Gasteiger partial charge is 0.115 e. The van der Waals surface area contributed by atoms with Gasteiger partial charge in [0.1, 0.15) is 5.75 Å². The normalized spacial score (nSPS) is 19.4. The minimum Gasteiger partial charge on any atom is -0.508 e. The molecule has 0 spiro atoms. The Morgan fingerprint density at radius 1 is 0.840 bits per heavy atom. The highest BCUT2D eigenvalue weighted by Gasteiger charge is 2.31. The van der Waals surface area contributed by atoms with Crippen molar-refractivity contribution in [3.63, 3.8) is 0 Å². The second-order valence-corrected chi connectivity index (χ2v) is 6.82. The molecule has 1 aliphatic carbocycles. The number of aryl methyl sites for hydroxylation is 1. The summed E-state index contributed by atoms with van der Waals surface area (Å²) in [7, 11) is 0. The Morgan fingerprint density at radius 3 is 2.32 bits per heavy atom. The zero-order chi connectivity index (χ0) is 17.2. The predicted octanol–water partition coefficient (Wildman–Crippen LogP) is 4.75. The lowest BCUT2D eigenvalue weighted by atomic mass is 9.69. The number of hydrogen-bond donors (Lipinski definition) is 2. The number of aliphatic hydroxyl groups is 1. The summed E-state index contributed by atoms with van der Waals surface area (Å²) in [6.07, 6.45) is 2.11. The maximum absolute atomic E-state index is 9.67. The van der Waals surface area contributed by atoms with Gasteiger partial charge < -0.3 is 10.2 Å². The van der Waals surface area contributed by atoms with Gasteiger partial charge >= 0.3 is 0 Å². The Bertz CT molecular complexity index is 853. The minimum absolute atomic E-state index is 0.0826. The number of aliphatic hydroxyl groups excluding tert-OH is 1. The van der Waals surface area contributed by atoms with Gasteiger partial charge in [0.25, 0.3) is 0 Å². The molecule has 0 heterocycles. The summed E-state index contributed by atoms with van der Waals surface area (Å²) in [6.45, 7) is 0.0826. The molecule has 4 rings (SSSR count). The van der Waals surface area contributed by atoms with Crippen LogP contribution in [-0.2, 0) is 13.0 Å². The van der Waals surface area contributed by atoms with Crippen LogP contribution >= 0.6 is 0 Å². The van der Waals surface area contributed by atoms with Crippen molar-refractivity contribution in [1.29, 1.82) is 0 Å². The zero-order valence-electron chi connectivity index (χ0n) is 14.1. The van der Waals surface area contributed by atoms with Gasteiger partial charge in [0.15, 0.2) is 0 Å². The molecule has 0 fully saturated rings. The van der Waals surface area contributed by atoms with Crippen LogP contribution in [0.25, 0.3) is 0 Å². The highest BCUT2D eigenvalue weighted by atomic mass is 16.3. The molecule has 2 nitrogen and oxygen atoms in total. The standard InChI is InChI=1S/C23H22O2/c24-15-16-6-12-22-19(14-16)9-13-21(17-4-2-1-3-5-17)23(22)18-7-10-20(25)11-8-18/h1-8,10-12,14,21,23-25H,9,13,15H2. The van der Waals surface area contributed by atoms with Gasteiger partial charge in [0, 0.05) is 5.92 Å². The van der Waals surface area contributed by atoms with Crippen molar-refractivity contribution >= 4 is 0 Å². The lowest BCUT2D eigenvalue weighted by Crippen LogP contribution is -2.20. The molecule has 2 N–H and O–H groups in total. The van der Waals surface area contributed by atoms with E-state index in [1.165, 1.54) is 22.3 Å². The van der Waals surface area contributed by atoms with Crippen LogP contribution in [0.2, 0.25) is 0 Å². The molecule has 2 unspecified atom stereocenters. The summed E-state index contributed by atoms with van der Waals surface area (Å²) < 4.78 is 0. The average molecular weight is 330 g/mol. The first-order valence-corrected chi connectivity index (χ1v) is 8.82. The lowest BCUT2D eigenvalue weighted by Gasteiger charge is -2.35. The summed E-state index contributed by atoms with van der Waals surface area (Å²) in [4.78, 5) is 0. The van der Waals surface area contributed by atoms with Crippen LogP contribution < -0.4 is 0 Å². The first kappa shape index (κ1) is 15.9. The molecule has 126 valence electrons. The second-order valence-electron chi connectivity index (χ2n) is 6.82. The highest BCUT2D eigenvalue weighted by Crippen LogP contribution is 2.46. The van der Waals surface area contributed by atoms with Crippen LogP contribution in [0.1, 0.15) is 46.1 Å². The summed E-state index contributed by atoms with van der Waals surface area (Å²) in [6, 6.07) is 24.6. The highest BCUT2D eigenvalue weighted by molar-refractivity contribution is 5.47. The number of fused-ring (bicyclic) bond motifs is 1. The van der Waals surface area contributed by atoms with Crippen molar-refractivity contribution in [2.75, 3.05) is 0 Å². The van der Waals surface area contributed by atoms with E-state index in [-0.39, 0.29) is 12.5 Å². The van der Waals surface area contributed by atoms with Gasteiger partial charge in [-0.05, 0) is 58.7 Å².